The minimum atomic E-state index is -0.725. The zero-order valence-corrected chi connectivity index (χ0v) is 20.9. The number of hydrogen-bond acceptors (Lipinski definition) is 8. The summed E-state index contributed by atoms with van der Waals surface area (Å²) in [4.78, 5) is 27.3. The van der Waals surface area contributed by atoms with E-state index in [4.69, 9.17) is 10.7 Å². The number of likely N-dealkylation sites (tertiary alicyclic amines) is 1. The number of aliphatic carboxylic acids is 1. The first-order chi connectivity index (χ1) is 17.9. The predicted molar refractivity (Wildman–Crippen MR) is 139 cm³/mol. The second kappa shape index (κ2) is 10.4. The lowest BCUT2D eigenvalue weighted by atomic mass is 9.96. The molecule has 0 bridgehead atoms. The molecule has 10 heteroatoms. The zero-order valence-electron chi connectivity index (χ0n) is 20.9. The summed E-state index contributed by atoms with van der Waals surface area (Å²) < 4.78 is 1.72. The van der Waals surface area contributed by atoms with Gasteiger partial charge in [0.25, 0.3) is 0 Å². The van der Waals surface area contributed by atoms with Crippen LogP contribution in [-0.2, 0) is 11.3 Å². The molecule has 1 aliphatic heterocycles. The highest BCUT2D eigenvalue weighted by Gasteiger charge is 2.29. The fraction of sp³-hybridized carbons (Fsp3) is 0.333. The van der Waals surface area contributed by atoms with Crippen LogP contribution in [0.5, 0.6) is 0 Å². The normalized spacial score (nSPS) is 17.0. The lowest BCUT2D eigenvalue weighted by molar-refractivity contribution is -0.143. The van der Waals surface area contributed by atoms with Crippen LogP contribution < -0.4 is 5.73 Å². The monoisotopic (exact) mass is 498 g/mol. The highest BCUT2D eigenvalue weighted by atomic mass is 16.4. The van der Waals surface area contributed by atoms with Crippen LogP contribution in [0.1, 0.15) is 42.8 Å². The fourth-order valence-electron chi connectivity index (χ4n) is 4.77. The highest BCUT2D eigenvalue weighted by Crippen LogP contribution is 2.27. The number of pyridine rings is 1. The Labute approximate surface area is 215 Å². The quantitative estimate of drug-likeness (QED) is 0.392. The Balaban J connectivity index is 1.32. The summed E-state index contributed by atoms with van der Waals surface area (Å²) in [6.45, 7) is 5.97. The first-order valence-corrected chi connectivity index (χ1v) is 12.4. The Kier molecular flexibility index (Phi) is 6.91. The van der Waals surface area contributed by atoms with Crippen molar-refractivity contribution in [3.8, 4) is 22.6 Å². The molecule has 1 aliphatic rings. The second-order valence-electron chi connectivity index (χ2n) is 9.57. The van der Waals surface area contributed by atoms with Crippen molar-refractivity contribution in [3.63, 3.8) is 0 Å². The summed E-state index contributed by atoms with van der Waals surface area (Å²) in [7, 11) is 0. The maximum Gasteiger partial charge on any atom is 0.307 e. The van der Waals surface area contributed by atoms with Crippen molar-refractivity contribution in [3.05, 3.63) is 71.7 Å². The first kappa shape index (κ1) is 24.5. The average Bonchev–Trinajstić information content (AvgIpc) is 3.36. The van der Waals surface area contributed by atoms with E-state index < -0.39 is 5.97 Å². The number of benzene rings is 1. The minimum absolute atomic E-state index is 0.0254. The second-order valence-corrected chi connectivity index (χ2v) is 9.57. The van der Waals surface area contributed by atoms with Crippen LogP contribution in [0.25, 0.3) is 22.6 Å². The van der Waals surface area contributed by atoms with E-state index in [1.54, 1.807) is 4.68 Å². The van der Waals surface area contributed by atoms with E-state index in [0.29, 0.717) is 24.5 Å². The van der Waals surface area contributed by atoms with Crippen molar-refractivity contribution < 1.29 is 9.90 Å². The molecule has 0 amide bonds. The van der Waals surface area contributed by atoms with Gasteiger partial charge in [-0.15, -0.1) is 5.10 Å². The lowest BCUT2D eigenvalue weighted by Crippen LogP contribution is -2.40. The molecule has 0 saturated carbocycles. The topological polar surface area (TPSA) is 136 Å². The molecule has 0 unspecified atom stereocenters. The number of nitrogen functional groups attached to an aromatic ring is 1. The maximum atomic E-state index is 11.5. The molecule has 3 N–H and O–H groups in total. The summed E-state index contributed by atoms with van der Waals surface area (Å²) in [6.07, 6.45) is 3.43. The standard InChI is InChI=1S/C27H30N8O2/c1-17-6-3-7-19(12-17)23-13-24(31-27(28)30-23)25-16-35(33-32-25)15-21-9-4-10-22(29-21)18(2)34-11-5-8-20(14-34)26(36)37/h3-4,6-7,9-10,12-13,16,18,20H,5,8,11,14-15H2,1-2H3,(H,36,37)(H2,28,30,31)/t18-,20+/m0/s1. The Morgan fingerprint density at radius 3 is 2.73 bits per heavy atom. The number of piperidine rings is 1. The van der Waals surface area contributed by atoms with Crippen molar-refractivity contribution >= 4 is 11.9 Å². The number of nitrogens with zero attached hydrogens (tertiary/aromatic N) is 7. The van der Waals surface area contributed by atoms with Crippen LogP contribution >= 0.6 is 0 Å². The lowest BCUT2D eigenvalue weighted by Gasteiger charge is -2.35. The number of aromatic nitrogens is 6. The molecule has 10 nitrogen and oxygen atoms in total. The summed E-state index contributed by atoms with van der Waals surface area (Å²) in [5, 5.41) is 18.0. The Morgan fingerprint density at radius 2 is 1.92 bits per heavy atom. The molecule has 3 aromatic heterocycles. The molecule has 2 atom stereocenters. The molecule has 0 spiro atoms. The van der Waals surface area contributed by atoms with Crippen LogP contribution in [0.2, 0.25) is 0 Å². The predicted octanol–water partition coefficient (Wildman–Crippen LogP) is 3.59. The summed E-state index contributed by atoms with van der Waals surface area (Å²) in [6, 6.07) is 15.9. The van der Waals surface area contributed by atoms with Gasteiger partial charge in [-0.05, 0) is 57.5 Å². The number of carbonyl (C=O) groups is 1. The Bertz CT molecular complexity index is 1420. The molecular weight excluding hydrogens is 468 g/mol. The molecular formula is C27H30N8O2. The maximum absolute atomic E-state index is 11.5. The Hall–Kier alpha value is -4.18. The number of aryl methyl sites for hydroxylation is 1. The van der Waals surface area contributed by atoms with Gasteiger partial charge in [0.15, 0.2) is 0 Å². The van der Waals surface area contributed by atoms with Gasteiger partial charge in [0.05, 0.1) is 41.4 Å². The van der Waals surface area contributed by atoms with Gasteiger partial charge in [-0.2, -0.15) is 0 Å². The number of nitrogens with two attached hydrogens (primary N) is 1. The van der Waals surface area contributed by atoms with Crippen molar-refractivity contribution in [2.45, 2.75) is 39.3 Å². The van der Waals surface area contributed by atoms with E-state index in [-0.39, 0.29) is 17.9 Å². The van der Waals surface area contributed by atoms with Gasteiger partial charge in [0.1, 0.15) is 5.69 Å². The summed E-state index contributed by atoms with van der Waals surface area (Å²) in [5.41, 5.74) is 11.8. The van der Waals surface area contributed by atoms with E-state index in [1.165, 1.54) is 0 Å². The van der Waals surface area contributed by atoms with E-state index in [0.717, 1.165) is 47.6 Å². The highest BCUT2D eigenvalue weighted by molar-refractivity contribution is 5.70. The number of carboxylic acid groups (broad SMARTS) is 1. The minimum Gasteiger partial charge on any atom is -0.481 e. The third kappa shape index (κ3) is 5.64. The van der Waals surface area contributed by atoms with Gasteiger partial charge in [-0.25, -0.2) is 14.6 Å². The van der Waals surface area contributed by atoms with Crippen LogP contribution in [0, 0.1) is 12.8 Å². The first-order valence-electron chi connectivity index (χ1n) is 12.4. The van der Waals surface area contributed by atoms with Gasteiger partial charge >= 0.3 is 5.97 Å². The zero-order chi connectivity index (χ0) is 25.9. The third-order valence-electron chi connectivity index (χ3n) is 6.79. The fourth-order valence-corrected chi connectivity index (χ4v) is 4.77. The number of hydrogen-bond donors (Lipinski definition) is 2. The van der Waals surface area contributed by atoms with Gasteiger partial charge in [-0.3, -0.25) is 14.7 Å². The Morgan fingerprint density at radius 1 is 1.11 bits per heavy atom. The molecule has 0 aliphatic carbocycles. The number of rotatable bonds is 7. The molecule has 1 fully saturated rings. The summed E-state index contributed by atoms with van der Waals surface area (Å²) >= 11 is 0. The van der Waals surface area contributed by atoms with Crippen LogP contribution in [-0.4, -0.2) is 59.0 Å². The number of anilines is 1. The van der Waals surface area contributed by atoms with Crippen LogP contribution in [0.15, 0.2) is 54.7 Å². The molecule has 5 rings (SSSR count). The van der Waals surface area contributed by atoms with Gasteiger partial charge in [0, 0.05) is 18.2 Å². The number of carboxylic acids is 1. The molecule has 37 heavy (non-hydrogen) atoms. The molecule has 4 heterocycles. The largest absolute Gasteiger partial charge is 0.481 e. The molecule has 1 aromatic carbocycles. The summed E-state index contributed by atoms with van der Waals surface area (Å²) in [5.74, 6) is -0.873. The van der Waals surface area contributed by atoms with Crippen molar-refractivity contribution in [1.29, 1.82) is 0 Å². The van der Waals surface area contributed by atoms with E-state index in [2.05, 4.69) is 32.1 Å². The molecule has 0 radical (unpaired) electrons. The molecule has 4 aromatic rings. The average molecular weight is 499 g/mol. The van der Waals surface area contributed by atoms with Crippen molar-refractivity contribution in [2.75, 3.05) is 18.8 Å². The van der Waals surface area contributed by atoms with E-state index in [9.17, 15) is 9.90 Å². The molecule has 190 valence electrons. The van der Waals surface area contributed by atoms with Gasteiger partial charge in [-0.1, -0.05) is 35.0 Å². The van der Waals surface area contributed by atoms with E-state index in [1.807, 2.05) is 61.7 Å². The van der Waals surface area contributed by atoms with E-state index >= 15 is 0 Å². The van der Waals surface area contributed by atoms with Crippen LogP contribution in [0.3, 0.4) is 0 Å². The molecule has 1 saturated heterocycles. The van der Waals surface area contributed by atoms with Crippen molar-refractivity contribution in [1.82, 2.24) is 34.8 Å². The smallest absolute Gasteiger partial charge is 0.307 e. The van der Waals surface area contributed by atoms with Gasteiger partial charge in [0.2, 0.25) is 5.95 Å². The van der Waals surface area contributed by atoms with Gasteiger partial charge < -0.3 is 10.8 Å². The van der Waals surface area contributed by atoms with Crippen LogP contribution in [0.4, 0.5) is 5.95 Å². The van der Waals surface area contributed by atoms with Crippen molar-refractivity contribution in [2.24, 2.45) is 5.92 Å². The SMILES string of the molecule is Cc1cccc(-c2cc(-c3cn(Cc4cccc([C@H](C)N5CCC[C@@H](C(=O)O)C5)n4)nn3)nc(N)n2)c1. The third-order valence-corrected chi connectivity index (χ3v) is 6.79.